The molecule has 0 saturated heterocycles. The predicted molar refractivity (Wildman–Crippen MR) is 175 cm³/mol. The van der Waals surface area contributed by atoms with Gasteiger partial charge in [0.15, 0.2) is 0 Å². The molecule has 0 unspecified atom stereocenters. The van der Waals surface area contributed by atoms with Crippen molar-refractivity contribution in [1.29, 1.82) is 0 Å². The zero-order valence-corrected chi connectivity index (χ0v) is 30.6. The predicted octanol–water partition coefficient (Wildman–Crippen LogP) is 7.10. The number of hydrogen-bond acceptors (Lipinski definition) is 0. The van der Waals surface area contributed by atoms with Crippen LogP contribution in [0.5, 0.6) is 0 Å². The Kier molecular flexibility index (Phi) is 32.4. The van der Waals surface area contributed by atoms with Gasteiger partial charge in [-0.1, -0.05) is 170 Å². The fraction of sp³-hybridized carbons (Fsp3) is 0.556. The lowest BCUT2D eigenvalue weighted by Gasteiger charge is -2.09. The summed E-state index contributed by atoms with van der Waals surface area (Å²) in [5, 5.41) is 3.03. The van der Waals surface area contributed by atoms with Crippen LogP contribution in [0.2, 0.25) is 85.1 Å². The number of rotatable bonds is 2. The van der Waals surface area contributed by atoms with Gasteiger partial charge in [-0.05, 0) is 0 Å². The second-order valence-electron chi connectivity index (χ2n) is 10.7. The summed E-state index contributed by atoms with van der Waals surface area (Å²) in [6.07, 6.45) is 0. The molecule has 0 radical (unpaired) electrons. The van der Waals surface area contributed by atoms with E-state index in [0.717, 1.165) is 0 Å². The maximum Gasteiger partial charge on any atom is 0.0997 e. The third kappa shape index (κ3) is 43.4. The minimum Gasteiger partial charge on any atom is -0.0750 e. The minimum absolute atomic E-state index is 0.139. The van der Waals surface area contributed by atoms with Gasteiger partial charge in [-0.3, -0.25) is 0 Å². The van der Waals surface area contributed by atoms with Crippen LogP contribution in [-0.2, 0) is 0 Å². The first-order valence-corrected chi connectivity index (χ1v) is 28.9. The molecular weight excluding hydrogens is 465 g/mol. The van der Waals surface area contributed by atoms with E-state index in [0.29, 0.717) is 9.52 Å². The van der Waals surface area contributed by atoms with Gasteiger partial charge in [0.2, 0.25) is 0 Å². The Morgan fingerprint density at radius 1 is 0.531 bits per heavy atom. The zero-order valence-electron chi connectivity index (χ0n) is 24.7. The Labute approximate surface area is 213 Å². The number of hydrogen-bond donors (Lipinski definition) is 0. The Hall–Kier alpha value is -0.476. The molecule has 0 aliphatic heterocycles. The summed E-state index contributed by atoms with van der Waals surface area (Å²) >= 11 is 0. The third-order valence-electron chi connectivity index (χ3n) is 2.60. The minimum atomic E-state index is -0.919. The van der Waals surface area contributed by atoms with Crippen LogP contribution < -0.4 is 10.4 Å². The molecule has 2 rings (SSSR count). The van der Waals surface area contributed by atoms with Crippen molar-refractivity contribution in [2.75, 3.05) is 0 Å². The van der Waals surface area contributed by atoms with Crippen molar-refractivity contribution in [2.45, 2.75) is 99.0 Å². The van der Waals surface area contributed by atoms with Crippen LogP contribution in [0.3, 0.4) is 0 Å². The standard InChI is InChI=1S/C13H14Si.C4H12Si.2C3H10Si.C2H8Si.C2H6/c1-14(12-8-4-2-5-9-12)13-10-6-3-7-11-13;1-5(2,3)4;2*1-4(2)3;1-3-2;1-2/h2-11,14H,1H3;1-4H3;2*4H,1-3H3;3H2,1-2H3;1-2H3. The highest BCUT2D eigenvalue weighted by molar-refractivity contribution is 6.84. The van der Waals surface area contributed by atoms with Crippen molar-refractivity contribution in [3.05, 3.63) is 60.7 Å². The summed E-state index contributed by atoms with van der Waals surface area (Å²) in [5.74, 6) is 0. The summed E-state index contributed by atoms with van der Waals surface area (Å²) in [7, 11) is -1.39. The molecule has 32 heavy (non-hydrogen) atoms. The molecule has 0 heterocycles. The molecule has 0 aliphatic rings. The molecule has 0 spiro atoms. The van der Waals surface area contributed by atoms with E-state index in [-0.39, 0.29) is 17.6 Å². The van der Waals surface area contributed by atoms with E-state index < -0.39 is 16.9 Å². The summed E-state index contributed by atoms with van der Waals surface area (Å²) in [6.45, 7) is 34.0. The molecular formula is C27H60Si5. The monoisotopic (exact) mass is 524 g/mol. The largest absolute Gasteiger partial charge is 0.0997 e. The van der Waals surface area contributed by atoms with Gasteiger partial charge >= 0.3 is 0 Å². The summed E-state index contributed by atoms with van der Waals surface area (Å²) in [6, 6.07) is 21.6. The maximum atomic E-state index is 2.38. The van der Waals surface area contributed by atoms with Crippen LogP contribution in [0.4, 0.5) is 0 Å². The molecule has 0 bridgehead atoms. The van der Waals surface area contributed by atoms with Crippen molar-refractivity contribution in [3.63, 3.8) is 0 Å². The van der Waals surface area contributed by atoms with Crippen LogP contribution in [0.25, 0.3) is 0 Å². The van der Waals surface area contributed by atoms with E-state index in [1.165, 1.54) is 10.4 Å². The van der Waals surface area contributed by atoms with E-state index in [2.05, 4.69) is 146 Å². The lowest BCUT2D eigenvalue weighted by Crippen LogP contribution is -2.38. The Balaban J connectivity index is -0.000000182. The van der Waals surface area contributed by atoms with E-state index in [1.807, 2.05) is 13.8 Å². The summed E-state index contributed by atoms with van der Waals surface area (Å²) < 4.78 is 0. The Morgan fingerprint density at radius 2 is 0.688 bits per heavy atom. The second-order valence-corrected chi connectivity index (χ2v) is 27.8. The van der Waals surface area contributed by atoms with Crippen molar-refractivity contribution in [1.82, 2.24) is 0 Å². The van der Waals surface area contributed by atoms with Gasteiger partial charge in [0.05, 0.1) is 8.80 Å². The molecule has 0 N–H and O–H groups in total. The molecule has 2 aromatic carbocycles. The van der Waals surface area contributed by atoms with Gasteiger partial charge in [-0.2, -0.15) is 0 Å². The van der Waals surface area contributed by atoms with Crippen LogP contribution >= 0.6 is 0 Å². The molecule has 0 saturated carbocycles. The van der Waals surface area contributed by atoms with Gasteiger partial charge in [0, 0.05) is 35.2 Å². The quantitative estimate of drug-likeness (QED) is 0.368. The smallest absolute Gasteiger partial charge is 0.0750 e. The molecule has 0 aromatic heterocycles. The fourth-order valence-corrected chi connectivity index (χ4v) is 3.66. The SMILES string of the molecule is CC.C[SiH2]C.C[SiH](C)C.C[SiH](C)C.C[SiH](c1ccccc1)c1ccccc1.C[Si](C)(C)C. The highest BCUT2D eigenvalue weighted by Crippen LogP contribution is 1.94. The normalized spacial score (nSPS) is 9.44. The topological polar surface area (TPSA) is 0 Å². The average Bonchev–Trinajstić information content (AvgIpc) is 2.69. The average molecular weight is 525 g/mol. The first-order valence-electron chi connectivity index (χ1n) is 12.9. The lowest BCUT2D eigenvalue weighted by atomic mass is 10.4. The van der Waals surface area contributed by atoms with Crippen LogP contribution in [-0.4, -0.2) is 44.0 Å². The second kappa shape index (κ2) is 26.8. The van der Waals surface area contributed by atoms with Gasteiger partial charge in [-0.25, -0.2) is 0 Å². The highest BCUT2D eigenvalue weighted by Gasteiger charge is 2.07. The van der Waals surface area contributed by atoms with Crippen LogP contribution in [0.15, 0.2) is 60.7 Å². The van der Waals surface area contributed by atoms with Gasteiger partial charge < -0.3 is 0 Å². The fourth-order valence-electron chi connectivity index (χ4n) is 1.68. The molecule has 0 aliphatic carbocycles. The first-order chi connectivity index (χ1) is 14.8. The van der Waals surface area contributed by atoms with Crippen LogP contribution in [0.1, 0.15) is 13.8 Å². The van der Waals surface area contributed by atoms with Crippen molar-refractivity contribution in [3.8, 4) is 0 Å². The van der Waals surface area contributed by atoms with E-state index >= 15 is 0 Å². The summed E-state index contributed by atoms with van der Waals surface area (Å²) in [5.41, 5.74) is 0. The molecule has 188 valence electrons. The summed E-state index contributed by atoms with van der Waals surface area (Å²) in [4.78, 5) is 0. The Bertz CT molecular complexity index is 507. The number of benzene rings is 2. The molecule has 0 fully saturated rings. The van der Waals surface area contributed by atoms with Crippen molar-refractivity contribution in [2.24, 2.45) is 0 Å². The molecule has 0 nitrogen and oxygen atoms in total. The third-order valence-corrected chi connectivity index (χ3v) is 5.37. The molecule has 5 heteroatoms. The molecule has 2 aromatic rings. The van der Waals surface area contributed by atoms with Crippen LogP contribution in [0, 0.1) is 0 Å². The van der Waals surface area contributed by atoms with Crippen molar-refractivity contribution >= 4 is 54.4 Å². The van der Waals surface area contributed by atoms with E-state index in [4.69, 9.17) is 0 Å². The van der Waals surface area contributed by atoms with Crippen molar-refractivity contribution < 1.29 is 0 Å². The van der Waals surface area contributed by atoms with E-state index in [1.54, 1.807) is 0 Å². The van der Waals surface area contributed by atoms with E-state index in [9.17, 15) is 0 Å². The van der Waals surface area contributed by atoms with Gasteiger partial charge in [-0.15, -0.1) is 0 Å². The first kappa shape index (κ1) is 38.8. The lowest BCUT2D eigenvalue weighted by molar-refractivity contribution is 1.50. The highest BCUT2D eigenvalue weighted by atomic mass is 28.3. The van der Waals surface area contributed by atoms with Gasteiger partial charge in [0.1, 0.15) is 0 Å². The molecule has 0 atom stereocenters. The van der Waals surface area contributed by atoms with Gasteiger partial charge in [0.25, 0.3) is 0 Å². The maximum absolute atomic E-state index is 2.38. The molecule has 0 amide bonds. The Morgan fingerprint density at radius 3 is 0.844 bits per heavy atom. The zero-order chi connectivity index (χ0) is 26.2.